The van der Waals surface area contributed by atoms with Crippen LogP contribution in [0, 0.1) is 11.8 Å². The first kappa shape index (κ1) is 19.4. The van der Waals surface area contributed by atoms with Crippen LogP contribution in [0.1, 0.15) is 38.5 Å². The third-order valence-electron chi connectivity index (χ3n) is 7.04. The number of anilines is 1. The largest absolute Gasteiger partial charge is 0.465 e. The fraction of sp³-hybridized carbons (Fsp3) is 0.192. The minimum atomic E-state index is -0.791. The van der Waals surface area contributed by atoms with Gasteiger partial charge in [0.15, 0.2) is 0 Å². The molecular weight excluding hydrogens is 470 g/mol. The number of hydrogen-bond donors (Lipinski definition) is 0. The van der Waals surface area contributed by atoms with E-state index >= 15 is 0 Å². The normalized spacial score (nSPS) is 27.1. The van der Waals surface area contributed by atoms with E-state index in [9.17, 15) is 14.4 Å². The van der Waals surface area contributed by atoms with Gasteiger partial charge in [0.2, 0.25) is 11.8 Å². The van der Waals surface area contributed by atoms with Crippen molar-refractivity contribution >= 4 is 39.4 Å². The van der Waals surface area contributed by atoms with Crippen molar-refractivity contribution in [3.05, 3.63) is 101 Å². The van der Waals surface area contributed by atoms with E-state index in [1.54, 1.807) is 24.3 Å². The number of carbonyl (C=O) groups is 3. The molecule has 0 unspecified atom stereocenters. The zero-order chi connectivity index (χ0) is 22.2. The van der Waals surface area contributed by atoms with Crippen LogP contribution in [0.4, 0.5) is 5.69 Å². The summed E-state index contributed by atoms with van der Waals surface area (Å²) in [5.41, 5.74) is 4.92. The standard InChI is InChI=1S/C26H18BrNO4/c1-32-25(31)14-7-6-8-15(13-14)28-23(29)21-20-16-9-2-4-11-18(16)26(27,22(21)24(28)30)19-12-5-3-10-17(19)20/h2-13,20-22H,1H3/t20?,21-,22+,26?/m0/s1. The summed E-state index contributed by atoms with van der Waals surface area (Å²) < 4.78 is 4.02. The Morgan fingerprint density at radius 1 is 0.906 bits per heavy atom. The first-order valence-corrected chi connectivity index (χ1v) is 11.2. The van der Waals surface area contributed by atoms with Gasteiger partial charge >= 0.3 is 5.97 Å². The maximum absolute atomic E-state index is 13.9. The molecule has 2 bridgehead atoms. The second-order valence-electron chi connectivity index (χ2n) is 8.42. The van der Waals surface area contributed by atoms with E-state index in [1.165, 1.54) is 12.0 Å². The van der Waals surface area contributed by atoms with Crippen molar-refractivity contribution in [1.82, 2.24) is 0 Å². The lowest BCUT2D eigenvalue weighted by molar-refractivity contribution is -0.122. The highest BCUT2D eigenvalue weighted by Gasteiger charge is 2.67. The lowest BCUT2D eigenvalue weighted by atomic mass is 9.55. The van der Waals surface area contributed by atoms with Crippen LogP contribution in [0.2, 0.25) is 0 Å². The van der Waals surface area contributed by atoms with Crippen molar-refractivity contribution in [2.75, 3.05) is 12.0 Å². The average Bonchev–Trinajstić information content (AvgIpc) is 3.10. The first-order chi connectivity index (χ1) is 15.5. The molecular formula is C26H18BrNO4. The van der Waals surface area contributed by atoms with Gasteiger partial charge in [0.25, 0.3) is 0 Å². The van der Waals surface area contributed by atoms with Crippen LogP contribution in [0.15, 0.2) is 72.8 Å². The van der Waals surface area contributed by atoms with Gasteiger partial charge in [-0.25, -0.2) is 9.69 Å². The van der Waals surface area contributed by atoms with Gasteiger partial charge in [0.1, 0.15) is 0 Å². The number of rotatable bonds is 2. The summed E-state index contributed by atoms with van der Waals surface area (Å²) in [7, 11) is 1.30. The summed E-state index contributed by atoms with van der Waals surface area (Å²) >= 11 is 3.98. The number of imide groups is 1. The number of esters is 1. The molecule has 3 aromatic rings. The predicted molar refractivity (Wildman–Crippen MR) is 122 cm³/mol. The van der Waals surface area contributed by atoms with E-state index in [4.69, 9.17) is 4.74 Å². The molecule has 32 heavy (non-hydrogen) atoms. The zero-order valence-corrected chi connectivity index (χ0v) is 18.7. The Bertz CT molecular complexity index is 1290. The second kappa shape index (κ2) is 6.62. The number of nitrogens with zero attached hydrogens (tertiary/aromatic N) is 1. The predicted octanol–water partition coefficient (Wildman–Crippen LogP) is 4.38. The van der Waals surface area contributed by atoms with E-state index in [2.05, 4.69) is 28.1 Å². The third-order valence-corrected chi connectivity index (χ3v) is 8.39. The van der Waals surface area contributed by atoms with E-state index in [0.717, 1.165) is 22.3 Å². The fourth-order valence-electron chi connectivity index (χ4n) is 5.82. The molecule has 158 valence electrons. The van der Waals surface area contributed by atoms with Gasteiger partial charge in [-0.1, -0.05) is 70.5 Å². The number of benzene rings is 3. The molecule has 0 aromatic heterocycles. The summed E-state index contributed by atoms with van der Waals surface area (Å²) in [6, 6.07) is 22.6. The summed E-state index contributed by atoms with van der Waals surface area (Å²) in [6.45, 7) is 0. The highest BCUT2D eigenvalue weighted by molar-refractivity contribution is 9.09. The first-order valence-electron chi connectivity index (χ1n) is 10.4. The molecule has 3 aromatic carbocycles. The Labute approximate surface area is 193 Å². The minimum Gasteiger partial charge on any atom is -0.465 e. The van der Waals surface area contributed by atoms with Crippen LogP contribution >= 0.6 is 15.9 Å². The SMILES string of the molecule is COC(=O)c1cccc(N2C(=O)[C@H]3C4c5ccccc5C(Br)(c5ccccc54)[C@H]3C2=O)c1. The Balaban J connectivity index is 1.56. The van der Waals surface area contributed by atoms with Crippen molar-refractivity contribution < 1.29 is 19.1 Å². The van der Waals surface area contributed by atoms with Crippen LogP contribution in [0.3, 0.4) is 0 Å². The topological polar surface area (TPSA) is 63.7 Å². The molecule has 4 aliphatic rings. The summed E-state index contributed by atoms with van der Waals surface area (Å²) in [4.78, 5) is 41.0. The second-order valence-corrected chi connectivity index (χ2v) is 9.67. The smallest absolute Gasteiger partial charge is 0.337 e. The third kappa shape index (κ3) is 2.25. The van der Waals surface area contributed by atoms with Gasteiger partial charge in [-0.3, -0.25) is 9.59 Å². The van der Waals surface area contributed by atoms with Gasteiger partial charge in [-0.05, 0) is 40.5 Å². The van der Waals surface area contributed by atoms with Gasteiger partial charge < -0.3 is 4.74 Å². The van der Waals surface area contributed by atoms with Gasteiger partial charge in [-0.2, -0.15) is 0 Å². The lowest BCUT2D eigenvalue weighted by Gasteiger charge is -2.51. The molecule has 2 atom stereocenters. The van der Waals surface area contributed by atoms with Crippen LogP contribution in [-0.2, 0) is 18.7 Å². The van der Waals surface area contributed by atoms with E-state index in [0.29, 0.717) is 11.3 Å². The Morgan fingerprint density at radius 3 is 2.16 bits per heavy atom. The number of halogens is 1. The highest BCUT2D eigenvalue weighted by atomic mass is 79.9. The van der Waals surface area contributed by atoms with E-state index in [1.807, 2.05) is 36.4 Å². The van der Waals surface area contributed by atoms with Crippen LogP contribution in [0.5, 0.6) is 0 Å². The quantitative estimate of drug-likeness (QED) is 0.305. The number of alkyl halides is 1. The Kier molecular flexibility index (Phi) is 4.02. The van der Waals surface area contributed by atoms with Gasteiger partial charge in [0, 0.05) is 5.92 Å². The van der Waals surface area contributed by atoms with Crippen molar-refractivity contribution in [2.45, 2.75) is 10.2 Å². The van der Waals surface area contributed by atoms with Gasteiger partial charge in [0.05, 0.1) is 34.5 Å². The van der Waals surface area contributed by atoms with Crippen molar-refractivity contribution in [2.24, 2.45) is 11.8 Å². The Hall–Kier alpha value is -3.25. The highest BCUT2D eigenvalue weighted by Crippen LogP contribution is 2.66. The average molecular weight is 488 g/mol. The molecule has 0 spiro atoms. The van der Waals surface area contributed by atoms with Crippen molar-refractivity contribution in [3.63, 3.8) is 0 Å². The maximum Gasteiger partial charge on any atom is 0.337 e. The van der Waals surface area contributed by atoms with Crippen LogP contribution < -0.4 is 4.90 Å². The summed E-state index contributed by atoms with van der Waals surface area (Å²) in [5, 5.41) is 0. The molecule has 1 heterocycles. The van der Waals surface area contributed by atoms with Crippen molar-refractivity contribution in [3.8, 4) is 0 Å². The Morgan fingerprint density at radius 2 is 1.53 bits per heavy atom. The number of ether oxygens (including phenoxy) is 1. The molecule has 3 aliphatic carbocycles. The lowest BCUT2D eigenvalue weighted by Crippen LogP contribution is -2.50. The number of hydrogen-bond acceptors (Lipinski definition) is 4. The van der Waals surface area contributed by atoms with Crippen LogP contribution in [0.25, 0.3) is 0 Å². The van der Waals surface area contributed by atoms with E-state index in [-0.39, 0.29) is 17.7 Å². The monoisotopic (exact) mass is 487 g/mol. The van der Waals surface area contributed by atoms with E-state index < -0.39 is 22.1 Å². The summed E-state index contributed by atoms with van der Waals surface area (Å²) in [5.74, 6) is -2.30. The van der Waals surface area contributed by atoms with Gasteiger partial charge in [-0.15, -0.1) is 0 Å². The van der Waals surface area contributed by atoms with Crippen LogP contribution in [-0.4, -0.2) is 24.9 Å². The maximum atomic E-state index is 13.9. The molecule has 1 saturated heterocycles. The fourth-order valence-corrected chi connectivity index (χ4v) is 7.03. The summed E-state index contributed by atoms with van der Waals surface area (Å²) in [6.07, 6.45) is 0. The number of methoxy groups -OCH3 is 1. The zero-order valence-electron chi connectivity index (χ0n) is 17.1. The molecule has 6 heteroatoms. The molecule has 1 aliphatic heterocycles. The molecule has 7 rings (SSSR count). The number of carbonyl (C=O) groups excluding carboxylic acids is 3. The molecule has 5 nitrogen and oxygen atoms in total. The number of amides is 2. The minimum absolute atomic E-state index is 0.197. The molecule has 0 N–H and O–H groups in total. The molecule has 1 fully saturated rings. The van der Waals surface area contributed by atoms with Crippen molar-refractivity contribution in [1.29, 1.82) is 0 Å². The molecule has 2 amide bonds. The molecule has 0 saturated carbocycles. The molecule has 0 radical (unpaired) electrons.